The zero-order chi connectivity index (χ0) is 24.2. The molecule has 3 aromatic carbocycles. The normalized spacial score (nSPS) is 11.4. The Morgan fingerprint density at radius 1 is 1.18 bits per heavy atom. The van der Waals surface area contributed by atoms with Crippen molar-refractivity contribution >= 4 is 45.4 Å². The van der Waals surface area contributed by atoms with Gasteiger partial charge in [0.15, 0.2) is 0 Å². The summed E-state index contributed by atoms with van der Waals surface area (Å²) < 4.78 is 11.6. The van der Waals surface area contributed by atoms with E-state index in [9.17, 15) is 14.9 Å². The Kier molecular flexibility index (Phi) is 6.65. The SMILES string of the molecule is CCOc1cc2occ(-c3ccccc3)c2cc1/C(C)=C/C(=O)Nc1ccc(Cl)c([N+](=O)[O-])c1. The van der Waals surface area contributed by atoms with Crippen molar-refractivity contribution < 1.29 is 18.9 Å². The number of furan rings is 1. The predicted octanol–water partition coefficient (Wildman–Crippen LogP) is 7.10. The van der Waals surface area contributed by atoms with Crippen LogP contribution in [0, 0.1) is 10.1 Å². The van der Waals surface area contributed by atoms with Crippen molar-refractivity contribution in [2.75, 3.05) is 11.9 Å². The largest absolute Gasteiger partial charge is 0.493 e. The molecular formula is C26H21ClN2O5. The Bertz CT molecular complexity index is 1410. The van der Waals surface area contributed by atoms with Gasteiger partial charge in [0.25, 0.3) is 5.69 Å². The van der Waals surface area contributed by atoms with Crippen molar-refractivity contribution in [1.82, 2.24) is 0 Å². The van der Waals surface area contributed by atoms with E-state index >= 15 is 0 Å². The second-order valence-electron chi connectivity index (χ2n) is 7.53. The van der Waals surface area contributed by atoms with E-state index in [1.807, 2.05) is 49.4 Å². The summed E-state index contributed by atoms with van der Waals surface area (Å²) in [6.45, 7) is 4.12. The van der Waals surface area contributed by atoms with Crippen molar-refractivity contribution in [1.29, 1.82) is 0 Å². The van der Waals surface area contributed by atoms with E-state index in [4.69, 9.17) is 20.8 Å². The molecule has 1 N–H and O–H groups in total. The second-order valence-corrected chi connectivity index (χ2v) is 7.94. The summed E-state index contributed by atoms with van der Waals surface area (Å²) in [4.78, 5) is 23.2. The highest BCUT2D eigenvalue weighted by Crippen LogP contribution is 2.37. The highest BCUT2D eigenvalue weighted by atomic mass is 35.5. The molecule has 0 unspecified atom stereocenters. The summed E-state index contributed by atoms with van der Waals surface area (Å²) in [5.74, 6) is 0.153. The van der Waals surface area contributed by atoms with E-state index in [2.05, 4.69) is 5.32 Å². The molecule has 34 heavy (non-hydrogen) atoms. The van der Waals surface area contributed by atoms with Gasteiger partial charge in [-0.15, -0.1) is 0 Å². The number of rotatable bonds is 7. The van der Waals surface area contributed by atoms with Gasteiger partial charge in [0, 0.05) is 40.4 Å². The molecule has 1 amide bonds. The molecule has 4 aromatic rings. The van der Waals surface area contributed by atoms with Crippen molar-refractivity contribution in [3.8, 4) is 16.9 Å². The van der Waals surface area contributed by atoms with Gasteiger partial charge in [0.1, 0.15) is 16.4 Å². The summed E-state index contributed by atoms with van der Waals surface area (Å²) in [7, 11) is 0. The first-order chi connectivity index (χ1) is 16.4. The predicted molar refractivity (Wildman–Crippen MR) is 133 cm³/mol. The van der Waals surface area contributed by atoms with Crippen molar-refractivity contribution in [2.45, 2.75) is 13.8 Å². The van der Waals surface area contributed by atoms with Crippen molar-refractivity contribution in [2.24, 2.45) is 0 Å². The zero-order valence-electron chi connectivity index (χ0n) is 18.5. The molecule has 1 heterocycles. The van der Waals surface area contributed by atoms with E-state index in [0.717, 1.165) is 22.1 Å². The summed E-state index contributed by atoms with van der Waals surface area (Å²) >= 11 is 5.85. The fourth-order valence-corrected chi connectivity index (χ4v) is 3.85. The second kappa shape index (κ2) is 9.80. The number of halogens is 1. The smallest absolute Gasteiger partial charge is 0.289 e. The molecule has 0 aliphatic heterocycles. The van der Waals surface area contributed by atoms with Crippen molar-refractivity contribution in [3.63, 3.8) is 0 Å². The van der Waals surface area contributed by atoms with Crippen LogP contribution in [-0.2, 0) is 4.79 Å². The zero-order valence-corrected chi connectivity index (χ0v) is 19.3. The van der Waals surface area contributed by atoms with E-state index in [1.165, 1.54) is 24.3 Å². The number of fused-ring (bicyclic) bond motifs is 1. The van der Waals surface area contributed by atoms with Gasteiger partial charge in [-0.1, -0.05) is 41.9 Å². The third-order valence-corrected chi connectivity index (χ3v) is 5.56. The van der Waals surface area contributed by atoms with Gasteiger partial charge in [-0.2, -0.15) is 0 Å². The first-order valence-electron chi connectivity index (χ1n) is 10.5. The van der Waals surface area contributed by atoms with Gasteiger partial charge in [-0.05, 0) is 43.2 Å². The average molecular weight is 477 g/mol. The summed E-state index contributed by atoms with van der Waals surface area (Å²) in [6.07, 6.45) is 3.13. The molecule has 172 valence electrons. The Morgan fingerprint density at radius 3 is 2.65 bits per heavy atom. The molecule has 4 rings (SSSR count). The minimum absolute atomic E-state index is 0.00119. The molecule has 0 fully saturated rings. The van der Waals surface area contributed by atoms with Crippen LogP contribution in [0.1, 0.15) is 19.4 Å². The van der Waals surface area contributed by atoms with Crippen LogP contribution in [0.2, 0.25) is 5.02 Å². The lowest BCUT2D eigenvalue weighted by Crippen LogP contribution is -2.09. The van der Waals surface area contributed by atoms with Gasteiger partial charge >= 0.3 is 0 Å². The van der Waals surface area contributed by atoms with Crippen LogP contribution < -0.4 is 10.1 Å². The van der Waals surface area contributed by atoms with Gasteiger partial charge < -0.3 is 14.5 Å². The number of carbonyl (C=O) groups excluding carboxylic acids is 1. The maximum atomic E-state index is 12.7. The molecule has 0 bridgehead atoms. The van der Waals surface area contributed by atoms with Gasteiger partial charge in [-0.25, -0.2) is 0 Å². The monoisotopic (exact) mass is 476 g/mol. The molecule has 1 aromatic heterocycles. The number of hydrogen-bond acceptors (Lipinski definition) is 5. The standard InChI is InChI=1S/C26H21ClN2O5/c1-3-33-24-14-25-20(21(15-34-25)17-7-5-4-6-8-17)13-19(24)16(2)11-26(30)28-18-9-10-22(27)23(12-18)29(31)32/h4-15H,3H2,1-2H3,(H,28,30)/b16-11+. The number of nitro benzene ring substituents is 1. The number of amides is 1. The maximum Gasteiger partial charge on any atom is 0.289 e. The van der Waals surface area contributed by atoms with Crippen LogP contribution in [0.4, 0.5) is 11.4 Å². The quantitative estimate of drug-likeness (QED) is 0.174. The number of carbonyl (C=O) groups is 1. The van der Waals surface area contributed by atoms with Crippen LogP contribution in [0.15, 0.2) is 77.4 Å². The topological polar surface area (TPSA) is 94.6 Å². The highest BCUT2D eigenvalue weighted by molar-refractivity contribution is 6.32. The molecule has 0 aliphatic carbocycles. The minimum Gasteiger partial charge on any atom is -0.493 e. The first kappa shape index (κ1) is 23.1. The summed E-state index contributed by atoms with van der Waals surface area (Å²) in [6, 6.07) is 17.7. The summed E-state index contributed by atoms with van der Waals surface area (Å²) in [5, 5.41) is 14.7. The van der Waals surface area contributed by atoms with Gasteiger partial charge in [-0.3, -0.25) is 14.9 Å². The number of nitro groups is 1. The van der Waals surface area contributed by atoms with Gasteiger partial charge in [0.05, 0.1) is 17.8 Å². The Labute approximate surface area is 200 Å². The third kappa shape index (κ3) is 4.79. The lowest BCUT2D eigenvalue weighted by Gasteiger charge is -2.12. The van der Waals surface area contributed by atoms with Crippen molar-refractivity contribution in [3.05, 3.63) is 93.7 Å². The van der Waals surface area contributed by atoms with E-state index in [1.54, 1.807) is 13.2 Å². The molecular weight excluding hydrogens is 456 g/mol. The fourth-order valence-electron chi connectivity index (χ4n) is 3.66. The highest BCUT2D eigenvalue weighted by Gasteiger charge is 2.16. The molecule has 8 heteroatoms. The van der Waals surface area contributed by atoms with Crippen LogP contribution in [0.5, 0.6) is 5.75 Å². The summed E-state index contributed by atoms with van der Waals surface area (Å²) in [5.41, 5.74) is 4.02. The number of nitrogens with zero attached hydrogens (tertiary/aromatic N) is 1. The lowest BCUT2D eigenvalue weighted by atomic mass is 9.99. The lowest BCUT2D eigenvalue weighted by molar-refractivity contribution is -0.384. The fraction of sp³-hybridized carbons (Fsp3) is 0.115. The van der Waals surface area contributed by atoms with E-state index in [0.29, 0.717) is 23.5 Å². The van der Waals surface area contributed by atoms with Crippen LogP contribution in [-0.4, -0.2) is 17.4 Å². The molecule has 0 radical (unpaired) electrons. The first-order valence-corrected chi connectivity index (χ1v) is 10.9. The minimum atomic E-state index is -0.599. The molecule has 0 spiro atoms. The van der Waals surface area contributed by atoms with Crippen LogP contribution >= 0.6 is 11.6 Å². The number of ether oxygens (including phenoxy) is 1. The van der Waals surface area contributed by atoms with Gasteiger partial charge in [0.2, 0.25) is 5.91 Å². The van der Waals surface area contributed by atoms with E-state index < -0.39 is 10.8 Å². The number of benzene rings is 3. The number of anilines is 1. The third-order valence-electron chi connectivity index (χ3n) is 5.24. The van der Waals surface area contributed by atoms with Crippen LogP contribution in [0.3, 0.4) is 0 Å². The molecule has 0 saturated heterocycles. The number of hydrogen-bond donors (Lipinski definition) is 1. The molecule has 7 nitrogen and oxygen atoms in total. The van der Waals surface area contributed by atoms with Crippen LogP contribution in [0.25, 0.3) is 27.7 Å². The Morgan fingerprint density at radius 2 is 1.94 bits per heavy atom. The number of allylic oxidation sites excluding steroid dienone is 1. The molecule has 0 atom stereocenters. The molecule has 0 saturated carbocycles. The maximum absolute atomic E-state index is 12.7. The number of nitrogens with one attached hydrogen (secondary N) is 1. The Hall–Kier alpha value is -4.10. The Balaban J connectivity index is 1.69. The average Bonchev–Trinajstić information content (AvgIpc) is 3.23. The van der Waals surface area contributed by atoms with E-state index in [-0.39, 0.29) is 16.4 Å². The molecule has 0 aliphatic rings.